The Morgan fingerprint density at radius 2 is 1.74 bits per heavy atom. The van der Waals surface area contributed by atoms with Gasteiger partial charge in [0.15, 0.2) is 0 Å². The van der Waals surface area contributed by atoms with Gasteiger partial charge in [-0.2, -0.15) is 4.31 Å². The van der Waals surface area contributed by atoms with Crippen molar-refractivity contribution in [1.82, 2.24) is 14.6 Å². The molecule has 1 aliphatic heterocycles. The third-order valence-electron chi connectivity index (χ3n) is 6.03. The lowest BCUT2D eigenvalue weighted by Gasteiger charge is -2.30. The minimum absolute atomic E-state index is 0.121. The Morgan fingerprint density at radius 1 is 1.09 bits per heavy atom. The van der Waals surface area contributed by atoms with Crippen molar-refractivity contribution in [1.29, 1.82) is 0 Å². The molecule has 0 atom stereocenters. The van der Waals surface area contributed by atoms with E-state index in [9.17, 15) is 13.2 Å². The van der Waals surface area contributed by atoms with Crippen molar-refractivity contribution in [3.05, 3.63) is 79.2 Å². The number of carbonyl (C=O) groups is 1. The summed E-state index contributed by atoms with van der Waals surface area (Å²) in [5.74, 6) is -0.119. The van der Waals surface area contributed by atoms with Crippen molar-refractivity contribution in [3.8, 4) is 0 Å². The lowest BCUT2D eigenvalue weighted by molar-refractivity contribution is 0.0946. The van der Waals surface area contributed by atoms with Gasteiger partial charge in [0.25, 0.3) is 5.91 Å². The molecule has 2 heterocycles. The number of hydrogen-bond donors (Lipinski definition) is 1. The van der Waals surface area contributed by atoms with Crippen molar-refractivity contribution < 1.29 is 13.2 Å². The molecular formula is C24H25Cl2N3O3S2. The Hall–Kier alpha value is -1.97. The van der Waals surface area contributed by atoms with E-state index in [-0.39, 0.29) is 16.7 Å². The van der Waals surface area contributed by atoms with Crippen LogP contribution in [-0.2, 0) is 16.6 Å². The van der Waals surface area contributed by atoms with E-state index in [2.05, 4.69) is 10.3 Å². The molecule has 0 saturated carbocycles. The van der Waals surface area contributed by atoms with Crippen LogP contribution >= 0.6 is 34.5 Å². The molecule has 3 aromatic rings. The first-order valence-electron chi connectivity index (χ1n) is 10.9. The van der Waals surface area contributed by atoms with Crippen LogP contribution < -0.4 is 5.32 Å². The number of sulfonamides is 1. The van der Waals surface area contributed by atoms with Gasteiger partial charge in [-0.1, -0.05) is 41.4 Å². The predicted octanol–water partition coefficient (Wildman–Crippen LogP) is 5.57. The molecule has 6 nitrogen and oxygen atoms in total. The molecule has 180 valence electrons. The molecule has 1 aromatic heterocycles. The second-order valence-corrected chi connectivity index (χ2v) is 12.1. The third-order valence-corrected chi connectivity index (χ3v) is 9.74. The SMILES string of the molecule is Cc1ccc(CNC(=O)c2csc(C3CCN(S(=O)(=O)c4ccc(C)c(Cl)c4)CC3)n2)cc1Cl. The van der Waals surface area contributed by atoms with Crippen LogP contribution in [0.5, 0.6) is 0 Å². The molecule has 1 saturated heterocycles. The van der Waals surface area contributed by atoms with Gasteiger partial charge in [-0.05, 0) is 61.6 Å². The average Bonchev–Trinajstić information content (AvgIpc) is 3.32. The van der Waals surface area contributed by atoms with E-state index in [1.54, 1.807) is 17.5 Å². The van der Waals surface area contributed by atoms with Crippen LogP contribution in [0.15, 0.2) is 46.7 Å². The summed E-state index contributed by atoms with van der Waals surface area (Å²) < 4.78 is 27.5. The summed E-state index contributed by atoms with van der Waals surface area (Å²) in [6, 6.07) is 10.5. The van der Waals surface area contributed by atoms with Gasteiger partial charge < -0.3 is 5.32 Å². The highest BCUT2D eigenvalue weighted by Gasteiger charge is 2.31. The van der Waals surface area contributed by atoms with E-state index < -0.39 is 10.0 Å². The van der Waals surface area contributed by atoms with Crippen LogP contribution in [0.2, 0.25) is 10.0 Å². The van der Waals surface area contributed by atoms with E-state index >= 15 is 0 Å². The highest BCUT2D eigenvalue weighted by Crippen LogP contribution is 2.33. The Balaban J connectivity index is 1.35. The zero-order valence-corrected chi connectivity index (χ0v) is 22.0. The van der Waals surface area contributed by atoms with Crippen LogP contribution in [0.3, 0.4) is 0 Å². The second kappa shape index (κ2) is 10.3. The Labute approximate surface area is 214 Å². The van der Waals surface area contributed by atoms with Crippen LogP contribution in [0.4, 0.5) is 0 Å². The van der Waals surface area contributed by atoms with Crippen molar-refractivity contribution in [2.75, 3.05) is 13.1 Å². The Bertz CT molecular complexity index is 1320. The number of amides is 1. The number of benzene rings is 2. The molecule has 1 fully saturated rings. The molecule has 2 aromatic carbocycles. The second-order valence-electron chi connectivity index (χ2n) is 8.43. The van der Waals surface area contributed by atoms with Gasteiger partial charge in [0.05, 0.1) is 9.90 Å². The van der Waals surface area contributed by atoms with E-state index in [1.165, 1.54) is 21.7 Å². The zero-order valence-electron chi connectivity index (χ0n) is 18.8. The van der Waals surface area contributed by atoms with Gasteiger partial charge in [-0.3, -0.25) is 4.79 Å². The minimum atomic E-state index is -3.60. The zero-order chi connectivity index (χ0) is 24.5. The van der Waals surface area contributed by atoms with Crippen LogP contribution in [-0.4, -0.2) is 36.7 Å². The highest BCUT2D eigenvalue weighted by molar-refractivity contribution is 7.89. The smallest absolute Gasteiger partial charge is 0.271 e. The Morgan fingerprint density at radius 3 is 2.38 bits per heavy atom. The summed E-state index contributed by atoms with van der Waals surface area (Å²) in [5, 5.41) is 6.60. The molecule has 0 aliphatic carbocycles. The van der Waals surface area contributed by atoms with Gasteiger partial charge in [0.1, 0.15) is 5.69 Å². The number of piperidine rings is 1. The third kappa shape index (κ3) is 5.47. The van der Waals surface area contributed by atoms with Gasteiger partial charge in [-0.25, -0.2) is 13.4 Å². The summed E-state index contributed by atoms with van der Waals surface area (Å²) in [5.41, 5.74) is 3.12. The number of aryl methyl sites for hydroxylation is 2. The summed E-state index contributed by atoms with van der Waals surface area (Å²) in [6.45, 7) is 4.93. The maximum Gasteiger partial charge on any atom is 0.271 e. The van der Waals surface area contributed by atoms with Gasteiger partial charge in [-0.15, -0.1) is 11.3 Å². The van der Waals surface area contributed by atoms with Crippen molar-refractivity contribution in [2.24, 2.45) is 0 Å². The topological polar surface area (TPSA) is 79.4 Å². The molecule has 0 unspecified atom stereocenters. The number of rotatable bonds is 6. The fourth-order valence-corrected chi connectivity index (χ4v) is 6.74. The minimum Gasteiger partial charge on any atom is -0.347 e. The first-order valence-corrected chi connectivity index (χ1v) is 14.0. The maximum atomic E-state index is 13.0. The lowest BCUT2D eigenvalue weighted by Crippen LogP contribution is -2.37. The summed E-state index contributed by atoms with van der Waals surface area (Å²) in [6.07, 6.45) is 1.30. The quantitative estimate of drug-likeness (QED) is 0.446. The number of carbonyl (C=O) groups excluding carboxylic acids is 1. The molecule has 0 bridgehead atoms. The largest absolute Gasteiger partial charge is 0.347 e. The number of aromatic nitrogens is 1. The van der Waals surface area contributed by atoms with E-state index in [0.717, 1.165) is 21.7 Å². The monoisotopic (exact) mass is 537 g/mol. The molecule has 34 heavy (non-hydrogen) atoms. The van der Waals surface area contributed by atoms with Crippen molar-refractivity contribution in [2.45, 2.75) is 44.0 Å². The fourth-order valence-electron chi connectivity index (χ4n) is 3.82. The lowest BCUT2D eigenvalue weighted by atomic mass is 9.99. The number of nitrogens with one attached hydrogen (secondary N) is 1. The molecular weight excluding hydrogens is 513 g/mol. The first-order chi connectivity index (χ1) is 16.1. The van der Waals surface area contributed by atoms with Crippen molar-refractivity contribution in [3.63, 3.8) is 0 Å². The summed E-state index contributed by atoms with van der Waals surface area (Å²) in [4.78, 5) is 17.3. The average molecular weight is 539 g/mol. The van der Waals surface area contributed by atoms with Crippen molar-refractivity contribution >= 4 is 50.5 Å². The Kier molecular flexibility index (Phi) is 7.64. The summed E-state index contributed by atoms with van der Waals surface area (Å²) in [7, 11) is -3.60. The molecule has 1 aliphatic rings. The standard InChI is InChI=1S/C24H25Cl2N3O3S2/c1-15-3-5-17(11-20(15)25)13-27-23(30)22-14-33-24(28-22)18-7-9-29(10-8-18)34(31,32)19-6-4-16(2)21(26)12-19/h3-6,11-12,14,18H,7-10,13H2,1-2H3,(H,27,30). The van der Waals surface area contributed by atoms with Gasteiger partial charge in [0, 0.05) is 41.0 Å². The highest BCUT2D eigenvalue weighted by atomic mass is 35.5. The first kappa shape index (κ1) is 25.1. The van der Waals surface area contributed by atoms with Crippen LogP contribution in [0, 0.1) is 13.8 Å². The van der Waals surface area contributed by atoms with Crippen LogP contribution in [0.1, 0.15) is 50.9 Å². The number of thiazole rings is 1. The van der Waals surface area contributed by atoms with Crippen LogP contribution in [0.25, 0.3) is 0 Å². The normalized spacial score (nSPS) is 15.4. The number of hydrogen-bond acceptors (Lipinski definition) is 5. The van der Waals surface area contributed by atoms with E-state index in [1.807, 2.05) is 32.0 Å². The maximum absolute atomic E-state index is 13.0. The number of halogens is 2. The molecule has 0 spiro atoms. The summed E-state index contributed by atoms with van der Waals surface area (Å²) >= 11 is 13.7. The molecule has 10 heteroatoms. The van der Waals surface area contributed by atoms with Gasteiger partial charge in [0.2, 0.25) is 10.0 Å². The fraction of sp³-hybridized carbons (Fsp3) is 0.333. The molecule has 1 N–H and O–H groups in total. The molecule has 4 rings (SSSR count). The van der Waals surface area contributed by atoms with E-state index in [0.29, 0.717) is 48.2 Å². The predicted molar refractivity (Wildman–Crippen MR) is 136 cm³/mol. The van der Waals surface area contributed by atoms with Gasteiger partial charge >= 0.3 is 0 Å². The molecule has 0 radical (unpaired) electrons. The van der Waals surface area contributed by atoms with E-state index in [4.69, 9.17) is 23.2 Å². The number of nitrogens with zero attached hydrogens (tertiary/aromatic N) is 2. The molecule has 1 amide bonds.